The summed E-state index contributed by atoms with van der Waals surface area (Å²) >= 11 is 10.8. The minimum atomic E-state index is -0.824. The van der Waals surface area contributed by atoms with Crippen LogP contribution in [0.5, 0.6) is 0 Å². The molecule has 2 nitrogen and oxygen atoms in total. The lowest BCUT2D eigenvalue weighted by Crippen LogP contribution is -2.12. The maximum Gasteiger partial charge on any atom is 0.250 e. The van der Waals surface area contributed by atoms with Crippen molar-refractivity contribution in [3.63, 3.8) is 0 Å². The van der Waals surface area contributed by atoms with Crippen molar-refractivity contribution in [1.29, 1.82) is 0 Å². The first-order valence-electron chi connectivity index (χ1n) is 2.97. The van der Waals surface area contributed by atoms with Gasteiger partial charge in [-0.05, 0) is 12.1 Å². The van der Waals surface area contributed by atoms with Crippen molar-refractivity contribution in [1.82, 2.24) is 0 Å². The van der Waals surface area contributed by atoms with Gasteiger partial charge in [-0.3, -0.25) is 4.79 Å². The summed E-state index contributed by atoms with van der Waals surface area (Å²) in [5.74, 6) is -1.61. The number of rotatable bonds is 1. The van der Waals surface area contributed by atoms with Crippen LogP contribution in [0.1, 0.15) is 10.4 Å². The minimum absolute atomic E-state index is 0.0708. The molecule has 0 saturated carbocycles. The lowest BCUT2D eigenvalue weighted by atomic mass is 10.2. The van der Waals surface area contributed by atoms with E-state index in [4.69, 9.17) is 28.9 Å². The number of nitrogens with two attached hydrogens (primary N) is 1. The van der Waals surface area contributed by atoms with E-state index in [1.807, 2.05) is 0 Å². The lowest BCUT2D eigenvalue weighted by Gasteiger charge is -2.01. The molecule has 0 fully saturated rings. The van der Waals surface area contributed by atoms with Crippen LogP contribution < -0.4 is 5.73 Å². The number of halogens is 3. The maximum absolute atomic E-state index is 12.9. The second kappa shape index (κ2) is 3.29. The van der Waals surface area contributed by atoms with E-state index in [9.17, 15) is 9.18 Å². The first-order chi connectivity index (χ1) is 5.54. The standard InChI is InChI=1S/C7H4Cl2FNO/c8-4-2-1-3(7(11)12)5(9)6(4)10/h1-2H,(H2,11,12). The van der Waals surface area contributed by atoms with E-state index in [-0.39, 0.29) is 15.6 Å². The average Bonchev–Trinajstić information content (AvgIpc) is 2.00. The van der Waals surface area contributed by atoms with Gasteiger partial charge in [0.25, 0.3) is 0 Å². The smallest absolute Gasteiger partial charge is 0.250 e. The average molecular weight is 208 g/mol. The highest BCUT2D eigenvalue weighted by molar-refractivity contribution is 6.36. The van der Waals surface area contributed by atoms with Crippen LogP contribution in [-0.4, -0.2) is 5.91 Å². The van der Waals surface area contributed by atoms with Gasteiger partial charge in [-0.25, -0.2) is 4.39 Å². The highest BCUT2D eigenvalue weighted by Gasteiger charge is 2.13. The van der Waals surface area contributed by atoms with Gasteiger partial charge in [0.05, 0.1) is 15.6 Å². The molecule has 0 unspecified atom stereocenters. The fourth-order valence-corrected chi connectivity index (χ4v) is 1.18. The van der Waals surface area contributed by atoms with E-state index < -0.39 is 11.7 Å². The molecule has 0 aliphatic heterocycles. The van der Waals surface area contributed by atoms with Gasteiger partial charge in [0.1, 0.15) is 0 Å². The first-order valence-corrected chi connectivity index (χ1v) is 3.73. The molecule has 0 aliphatic carbocycles. The van der Waals surface area contributed by atoms with Gasteiger partial charge >= 0.3 is 0 Å². The molecule has 0 heterocycles. The summed E-state index contributed by atoms with van der Waals surface area (Å²) < 4.78 is 12.9. The van der Waals surface area contributed by atoms with E-state index in [2.05, 4.69) is 0 Å². The molecule has 0 saturated heterocycles. The number of amides is 1. The monoisotopic (exact) mass is 207 g/mol. The Balaban J connectivity index is 3.36. The number of primary amides is 1. The van der Waals surface area contributed by atoms with Gasteiger partial charge in [0.2, 0.25) is 5.91 Å². The predicted octanol–water partition coefficient (Wildman–Crippen LogP) is 2.23. The molecule has 0 radical (unpaired) electrons. The van der Waals surface area contributed by atoms with Gasteiger partial charge < -0.3 is 5.73 Å². The Morgan fingerprint density at radius 1 is 1.42 bits per heavy atom. The zero-order valence-electron chi connectivity index (χ0n) is 5.77. The zero-order chi connectivity index (χ0) is 9.30. The second-order valence-corrected chi connectivity index (χ2v) is 2.87. The van der Waals surface area contributed by atoms with Crippen molar-refractivity contribution >= 4 is 29.1 Å². The molecule has 1 aromatic rings. The number of benzene rings is 1. The van der Waals surface area contributed by atoms with Crippen LogP contribution in [0.25, 0.3) is 0 Å². The van der Waals surface area contributed by atoms with Crippen molar-refractivity contribution in [3.8, 4) is 0 Å². The highest BCUT2D eigenvalue weighted by Crippen LogP contribution is 2.25. The molecule has 1 rings (SSSR count). The number of carbonyl (C=O) groups is 1. The molecular formula is C7H4Cl2FNO. The van der Waals surface area contributed by atoms with Gasteiger partial charge in [0.15, 0.2) is 5.82 Å². The van der Waals surface area contributed by atoms with Gasteiger partial charge in [-0.1, -0.05) is 23.2 Å². The summed E-state index contributed by atoms with van der Waals surface area (Å²) in [6, 6.07) is 2.50. The summed E-state index contributed by atoms with van der Waals surface area (Å²) in [5.41, 5.74) is 4.83. The molecule has 0 bridgehead atoms. The Kier molecular flexibility index (Phi) is 2.55. The van der Waals surface area contributed by atoms with Crippen molar-refractivity contribution in [2.75, 3.05) is 0 Å². The van der Waals surface area contributed by atoms with Crippen molar-refractivity contribution < 1.29 is 9.18 Å². The van der Waals surface area contributed by atoms with Crippen molar-refractivity contribution in [2.45, 2.75) is 0 Å². The van der Waals surface area contributed by atoms with Gasteiger partial charge in [-0.15, -0.1) is 0 Å². The zero-order valence-corrected chi connectivity index (χ0v) is 7.29. The van der Waals surface area contributed by atoms with Crippen LogP contribution in [0, 0.1) is 5.82 Å². The summed E-state index contributed by atoms with van der Waals surface area (Å²) in [6.07, 6.45) is 0. The van der Waals surface area contributed by atoms with Gasteiger partial charge in [0, 0.05) is 0 Å². The summed E-state index contributed by atoms with van der Waals surface area (Å²) in [7, 11) is 0. The van der Waals surface area contributed by atoms with Crippen molar-refractivity contribution in [3.05, 3.63) is 33.6 Å². The third-order valence-corrected chi connectivity index (χ3v) is 1.96. The highest BCUT2D eigenvalue weighted by atomic mass is 35.5. The van der Waals surface area contributed by atoms with Crippen LogP contribution >= 0.6 is 23.2 Å². The van der Waals surface area contributed by atoms with Crippen LogP contribution in [0.15, 0.2) is 12.1 Å². The Labute approximate surface area is 78.1 Å². The molecule has 12 heavy (non-hydrogen) atoms. The lowest BCUT2D eigenvalue weighted by molar-refractivity contribution is 0.1000. The molecule has 1 amide bonds. The SMILES string of the molecule is NC(=O)c1ccc(Cl)c(F)c1Cl. The largest absolute Gasteiger partial charge is 0.366 e. The van der Waals surface area contributed by atoms with Gasteiger partial charge in [-0.2, -0.15) is 0 Å². The van der Waals surface area contributed by atoms with E-state index >= 15 is 0 Å². The topological polar surface area (TPSA) is 43.1 Å². The molecule has 5 heteroatoms. The Bertz CT molecular complexity index is 340. The summed E-state index contributed by atoms with van der Waals surface area (Å²) in [6.45, 7) is 0. The minimum Gasteiger partial charge on any atom is -0.366 e. The van der Waals surface area contributed by atoms with Crippen LogP contribution in [0.2, 0.25) is 10.0 Å². The van der Waals surface area contributed by atoms with Crippen LogP contribution in [0.4, 0.5) is 4.39 Å². The summed E-state index contributed by atoms with van der Waals surface area (Å²) in [5, 5.41) is -0.472. The molecule has 0 spiro atoms. The molecule has 1 aromatic carbocycles. The molecule has 2 N–H and O–H groups in total. The van der Waals surface area contributed by atoms with Crippen molar-refractivity contribution in [2.24, 2.45) is 5.73 Å². The number of hydrogen-bond acceptors (Lipinski definition) is 1. The first kappa shape index (κ1) is 9.29. The van der Waals surface area contributed by atoms with Crippen LogP contribution in [-0.2, 0) is 0 Å². The fourth-order valence-electron chi connectivity index (χ4n) is 0.716. The molecule has 0 atom stereocenters. The van der Waals surface area contributed by atoms with E-state index in [1.165, 1.54) is 12.1 Å². The Morgan fingerprint density at radius 2 is 2.00 bits per heavy atom. The normalized spacial score (nSPS) is 9.92. The number of carbonyl (C=O) groups excluding carboxylic acids is 1. The third-order valence-electron chi connectivity index (χ3n) is 1.30. The van der Waals surface area contributed by atoms with Crippen LogP contribution in [0.3, 0.4) is 0 Å². The molecule has 0 aliphatic rings. The third kappa shape index (κ3) is 1.52. The Morgan fingerprint density at radius 3 is 2.50 bits per heavy atom. The number of hydrogen-bond donors (Lipinski definition) is 1. The maximum atomic E-state index is 12.9. The van der Waals surface area contributed by atoms with E-state index in [0.29, 0.717) is 0 Å². The quantitative estimate of drug-likeness (QED) is 0.706. The van der Waals surface area contributed by atoms with E-state index in [0.717, 1.165) is 0 Å². The molecule has 0 aromatic heterocycles. The predicted molar refractivity (Wildman–Crippen MR) is 44.9 cm³/mol. The second-order valence-electron chi connectivity index (χ2n) is 2.09. The Hall–Kier alpha value is -0.800. The fraction of sp³-hybridized carbons (Fsp3) is 0. The summed E-state index contributed by atoms with van der Waals surface area (Å²) in [4.78, 5) is 10.6. The molecule has 64 valence electrons. The van der Waals surface area contributed by atoms with E-state index in [1.54, 1.807) is 0 Å². The molecular weight excluding hydrogens is 204 g/mol.